The zero-order chi connectivity index (χ0) is 21.0. The van der Waals surface area contributed by atoms with Crippen LogP contribution in [-0.4, -0.2) is 50.1 Å². The Morgan fingerprint density at radius 3 is 2.62 bits per heavy atom. The van der Waals surface area contributed by atoms with Gasteiger partial charge in [0.05, 0.1) is 10.5 Å². The molecule has 0 spiro atoms. The van der Waals surface area contributed by atoms with Gasteiger partial charge in [-0.05, 0) is 55.3 Å². The van der Waals surface area contributed by atoms with Crippen molar-refractivity contribution in [3.8, 4) is 0 Å². The second-order valence-electron chi connectivity index (χ2n) is 6.72. The van der Waals surface area contributed by atoms with E-state index in [1.807, 2.05) is 6.26 Å². The molecular formula is C19H21F2N3O3S2. The Balaban J connectivity index is 1.56. The van der Waals surface area contributed by atoms with Crippen LogP contribution in [0, 0.1) is 17.6 Å². The highest BCUT2D eigenvalue weighted by molar-refractivity contribution is 7.98. The molecular weight excluding hydrogens is 420 g/mol. The molecule has 2 heterocycles. The second-order valence-corrected chi connectivity index (χ2v) is 9.29. The van der Waals surface area contributed by atoms with E-state index in [1.165, 1.54) is 11.8 Å². The third-order valence-electron chi connectivity index (χ3n) is 4.86. The van der Waals surface area contributed by atoms with Gasteiger partial charge in [-0.15, -0.1) is 11.8 Å². The Kier molecular flexibility index (Phi) is 6.86. The summed E-state index contributed by atoms with van der Waals surface area (Å²) in [7, 11) is -3.93. The molecule has 156 valence electrons. The van der Waals surface area contributed by atoms with E-state index in [0.717, 1.165) is 12.1 Å². The van der Waals surface area contributed by atoms with Crippen molar-refractivity contribution in [2.75, 3.05) is 25.9 Å². The van der Waals surface area contributed by atoms with Gasteiger partial charge in [-0.2, -0.15) is 0 Å². The predicted octanol–water partition coefficient (Wildman–Crippen LogP) is 2.91. The third-order valence-corrected chi connectivity index (χ3v) is 6.99. The Hall–Kier alpha value is -2.04. The lowest BCUT2D eigenvalue weighted by Gasteiger charge is -2.32. The first-order chi connectivity index (χ1) is 13.8. The fraction of sp³-hybridized carbons (Fsp3) is 0.368. The van der Waals surface area contributed by atoms with Crippen molar-refractivity contribution in [2.45, 2.75) is 22.8 Å². The summed E-state index contributed by atoms with van der Waals surface area (Å²) >= 11 is 1.41. The summed E-state index contributed by atoms with van der Waals surface area (Å²) in [6.45, 7) is 1.20. The SMILES string of the molecule is CSc1ncccc1C(=O)N1CCC(CNS(=O)(=O)c2ccc(F)c(F)c2)CC1. The largest absolute Gasteiger partial charge is 0.339 e. The number of carbonyl (C=O) groups is 1. The summed E-state index contributed by atoms with van der Waals surface area (Å²) in [6, 6.07) is 5.96. The minimum absolute atomic E-state index is 0.0491. The number of aromatic nitrogens is 1. The van der Waals surface area contributed by atoms with Crippen molar-refractivity contribution in [2.24, 2.45) is 5.92 Å². The summed E-state index contributed by atoms with van der Waals surface area (Å²) in [4.78, 5) is 18.4. The van der Waals surface area contributed by atoms with Crippen molar-refractivity contribution in [3.63, 3.8) is 0 Å². The van der Waals surface area contributed by atoms with Gasteiger partial charge in [-0.1, -0.05) is 0 Å². The normalized spacial score (nSPS) is 15.5. The predicted molar refractivity (Wildman–Crippen MR) is 106 cm³/mol. The van der Waals surface area contributed by atoms with Gasteiger partial charge in [-0.3, -0.25) is 4.79 Å². The molecule has 0 saturated carbocycles. The molecule has 0 radical (unpaired) electrons. The molecule has 0 unspecified atom stereocenters. The maximum Gasteiger partial charge on any atom is 0.256 e. The minimum atomic E-state index is -3.93. The number of likely N-dealkylation sites (tertiary alicyclic amines) is 1. The Morgan fingerprint density at radius 2 is 1.97 bits per heavy atom. The number of thioether (sulfide) groups is 1. The number of benzene rings is 1. The summed E-state index contributed by atoms with van der Waals surface area (Å²) < 4.78 is 53.4. The van der Waals surface area contributed by atoms with Gasteiger partial charge >= 0.3 is 0 Å². The summed E-state index contributed by atoms with van der Waals surface area (Å²) in [5, 5.41) is 0.680. The van der Waals surface area contributed by atoms with Crippen LogP contribution < -0.4 is 4.72 Å². The maximum absolute atomic E-state index is 13.3. The maximum atomic E-state index is 13.3. The standard InChI is InChI=1S/C19H21F2N3O3S2/c1-28-18-15(3-2-8-22-18)19(25)24-9-6-13(7-10-24)12-23-29(26,27)14-4-5-16(20)17(21)11-14/h2-5,8,11,13,23H,6-7,9-10,12H2,1H3. The first-order valence-electron chi connectivity index (χ1n) is 9.05. The number of sulfonamides is 1. The summed E-state index contributed by atoms with van der Waals surface area (Å²) in [5.41, 5.74) is 0.567. The molecule has 0 atom stereocenters. The first kappa shape index (κ1) is 21.7. The van der Waals surface area contributed by atoms with Gasteiger partial charge in [0.2, 0.25) is 10.0 Å². The quantitative estimate of drug-likeness (QED) is 0.698. The number of amides is 1. The average molecular weight is 442 g/mol. The van der Waals surface area contributed by atoms with E-state index < -0.39 is 21.7 Å². The van der Waals surface area contributed by atoms with E-state index in [0.29, 0.717) is 42.6 Å². The highest BCUT2D eigenvalue weighted by Crippen LogP contribution is 2.23. The van der Waals surface area contributed by atoms with E-state index in [-0.39, 0.29) is 23.3 Å². The molecule has 1 aliphatic rings. The van der Waals surface area contributed by atoms with Crippen LogP contribution in [0.2, 0.25) is 0 Å². The van der Waals surface area contributed by atoms with E-state index in [2.05, 4.69) is 9.71 Å². The first-order valence-corrected chi connectivity index (χ1v) is 11.8. The van der Waals surface area contributed by atoms with Crippen LogP contribution in [-0.2, 0) is 10.0 Å². The van der Waals surface area contributed by atoms with Crippen LogP contribution in [0.4, 0.5) is 8.78 Å². The van der Waals surface area contributed by atoms with Crippen LogP contribution in [0.15, 0.2) is 46.5 Å². The number of nitrogens with one attached hydrogen (secondary N) is 1. The number of halogens is 2. The highest BCUT2D eigenvalue weighted by Gasteiger charge is 2.26. The lowest BCUT2D eigenvalue weighted by atomic mass is 9.97. The number of pyridine rings is 1. The molecule has 3 rings (SSSR count). The van der Waals surface area contributed by atoms with E-state index >= 15 is 0 Å². The van der Waals surface area contributed by atoms with Gasteiger partial charge < -0.3 is 4.90 Å². The minimum Gasteiger partial charge on any atom is -0.339 e. The van der Waals surface area contributed by atoms with Gasteiger partial charge in [0.25, 0.3) is 5.91 Å². The van der Waals surface area contributed by atoms with Crippen molar-refractivity contribution < 1.29 is 22.0 Å². The zero-order valence-electron chi connectivity index (χ0n) is 15.8. The molecule has 1 aromatic carbocycles. The molecule has 1 amide bonds. The fourth-order valence-electron chi connectivity index (χ4n) is 3.18. The number of nitrogens with zero attached hydrogens (tertiary/aromatic N) is 2. The molecule has 1 fully saturated rings. The molecule has 1 N–H and O–H groups in total. The van der Waals surface area contributed by atoms with Crippen molar-refractivity contribution >= 4 is 27.7 Å². The number of piperidine rings is 1. The lowest BCUT2D eigenvalue weighted by Crippen LogP contribution is -2.41. The van der Waals surface area contributed by atoms with E-state index in [9.17, 15) is 22.0 Å². The molecule has 29 heavy (non-hydrogen) atoms. The Morgan fingerprint density at radius 1 is 1.24 bits per heavy atom. The average Bonchev–Trinajstić information content (AvgIpc) is 2.74. The van der Waals surface area contributed by atoms with Crippen LogP contribution in [0.1, 0.15) is 23.2 Å². The Bertz CT molecular complexity index is 994. The molecule has 0 bridgehead atoms. The van der Waals surface area contributed by atoms with Crippen molar-refractivity contribution in [1.82, 2.24) is 14.6 Å². The number of carbonyl (C=O) groups excluding carboxylic acids is 1. The number of hydrogen-bond donors (Lipinski definition) is 1. The van der Waals surface area contributed by atoms with Crippen LogP contribution >= 0.6 is 11.8 Å². The zero-order valence-corrected chi connectivity index (χ0v) is 17.4. The molecule has 6 nitrogen and oxygen atoms in total. The van der Waals surface area contributed by atoms with Crippen LogP contribution in [0.25, 0.3) is 0 Å². The third kappa shape index (κ3) is 5.12. The van der Waals surface area contributed by atoms with Gasteiger partial charge in [0.15, 0.2) is 11.6 Å². The second kappa shape index (κ2) is 9.19. The van der Waals surface area contributed by atoms with Gasteiger partial charge in [0.1, 0.15) is 5.03 Å². The lowest BCUT2D eigenvalue weighted by molar-refractivity contribution is 0.0687. The fourth-order valence-corrected chi connectivity index (χ4v) is 4.85. The van der Waals surface area contributed by atoms with Gasteiger partial charge in [0, 0.05) is 25.8 Å². The topological polar surface area (TPSA) is 79.4 Å². The molecule has 10 heteroatoms. The van der Waals surface area contributed by atoms with E-state index in [1.54, 1.807) is 23.2 Å². The number of rotatable bonds is 6. The molecule has 1 aromatic heterocycles. The smallest absolute Gasteiger partial charge is 0.256 e. The monoisotopic (exact) mass is 441 g/mol. The highest BCUT2D eigenvalue weighted by atomic mass is 32.2. The van der Waals surface area contributed by atoms with Crippen LogP contribution in [0.5, 0.6) is 0 Å². The summed E-state index contributed by atoms with van der Waals surface area (Å²) in [5.74, 6) is -2.34. The van der Waals surface area contributed by atoms with Crippen LogP contribution in [0.3, 0.4) is 0 Å². The molecule has 2 aromatic rings. The molecule has 1 aliphatic heterocycles. The Labute approximate surface area is 172 Å². The van der Waals surface area contributed by atoms with Crippen molar-refractivity contribution in [3.05, 3.63) is 53.7 Å². The summed E-state index contributed by atoms with van der Waals surface area (Å²) in [6.07, 6.45) is 4.79. The van der Waals surface area contributed by atoms with E-state index in [4.69, 9.17) is 0 Å². The number of hydrogen-bond acceptors (Lipinski definition) is 5. The molecule has 1 saturated heterocycles. The van der Waals surface area contributed by atoms with Gasteiger partial charge in [-0.25, -0.2) is 26.9 Å². The van der Waals surface area contributed by atoms with Crippen molar-refractivity contribution in [1.29, 1.82) is 0 Å². The molecule has 0 aliphatic carbocycles.